The molecule has 0 aliphatic heterocycles. The Labute approximate surface area is 145 Å². The molecule has 2 aromatic carbocycles. The Hall–Kier alpha value is -3.62. The first-order valence-electron chi connectivity index (χ1n) is 7.37. The highest BCUT2D eigenvalue weighted by atomic mass is 19.1. The summed E-state index contributed by atoms with van der Waals surface area (Å²) in [6, 6.07) is 7.65. The summed E-state index contributed by atoms with van der Waals surface area (Å²) in [5.41, 5.74) is -0.405. The van der Waals surface area contributed by atoms with Crippen LogP contribution in [0.5, 0.6) is 0 Å². The van der Waals surface area contributed by atoms with E-state index < -0.39 is 23.2 Å². The van der Waals surface area contributed by atoms with Crippen molar-refractivity contribution in [2.45, 2.75) is 0 Å². The molecule has 0 bridgehead atoms. The van der Waals surface area contributed by atoms with E-state index in [9.17, 15) is 13.6 Å². The first-order chi connectivity index (χ1) is 12.3. The second kappa shape index (κ2) is 6.36. The molecule has 7 nitrogen and oxygen atoms in total. The van der Waals surface area contributed by atoms with Crippen LogP contribution in [0, 0.1) is 22.5 Å². The average Bonchev–Trinajstić information content (AvgIpc) is 2.60. The summed E-state index contributed by atoms with van der Waals surface area (Å²) in [6.45, 7) is 0. The molecule has 3 aromatic rings. The topological polar surface area (TPSA) is 106 Å². The molecule has 0 radical (unpaired) electrons. The molecule has 0 aliphatic carbocycles. The number of rotatable bonds is 4. The van der Waals surface area contributed by atoms with Crippen molar-refractivity contribution in [1.29, 1.82) is 10.8 Å². The predicted molar refractivity (Wildman–Crippen MR) is 91.1 cm³/mol. The fraction of sp³-hybridized carbons (Fsp3) is 0.0588. The molecule has 0 saturated heterocycles. The average molecular weight is 357 g/mol. The predicted octanol–water partition coefficient (Wildman–Crippen LogP) is 2.72. The van der Waals surface area contributed by atoms with Crippen molar-refractivity contribution >= 4 is 34.7 Å². The van der Waals surface area contributed by atoms with E-state index in [0.29, 0.717) is 5.69 Å². The van der Waals surface area contributed by atoms with Gasteiger partial charge in [-0.2, -0.15) is 4.98 Å². The second-order valence-electron chi connectivity index (χ2n) is 5.45. The molecule has 26 heavy (non-hydrogen) atoms. The Morgan fingerprint density at radius 3 is 2.65 bits per heavy atom. The van der Waals surface area contributed by atoms with Gasteiger partial charge in [-0.1, -0.05) is 6.07 Å². The van der Waals surface area contributed by atoms with E-state index >= 15 is 0 Å². The highest BCUT2D eigenvalue weighted by molar-refractivity contribution is 5.99. The van der Waals surface area contributed by atoms with Crippen molar-refractivity contribution < 1.29 is 18.7 Å². The third-order valence-corrected chi connectivity index (χ3v) is 3.90. The van der Waals surface area contributed by atoms with Crippen LogP contribution < -0.4 is 10.5 Å². The Morgan fingerprint density at radius 2 is 2.04 bits per heavy atom. The molecule has 3 rings (SSSR count). The van der Waals surface area contributed by atoms with Crippen molar-refractivity contribution in [3.8, 4) is 0 Å². The molecular formula is C17H13F2N5O2. The molecule has 0 fully saturated rings. The molecule has 0 atom stereocenters. The summed E-state index contributed by atoms with van der Waals surface area (Å²) < 4.78 is 28.8. The van der Waals surface area contributed by atoms with Crippen LogP contribution in [0.25, 0.3) is 10.9 Å². The zero-order chi connectivity index (χ0) is 19.0. The number of nitrogens with one attached hydrogen (secondary N) is 2. The quantitative estimate of drug-likeness (QED) is 0.493. The summed E-state index contributed by atoms with van der Waals surface area (Å²) in [7, 11) is 1.56. The maximum absolute atomic E-state index is 14.2. The van der Waals surface area contributed by atoms with Gasteiger partial charge in [0.2, 0.25) is 5.62 Å². The zero-order valence-electron chi connectivity index (χ0n) is 13.5. The molecule has 9 heteroatoms. The molecule has 1 aromatic heterocycles. The fourth-order valence-corrected chi connectivity index (χ4v) is 2.63. The maximum Gasteiger partial charge on any atom is 0.338 e. The van der Waals surface area contributed by atoms with Crippen molar-refractivity contribution in [3.63, 3.8) is 0 Å². The molecule has 132 valence electrons. The summed E-state index contributed by atoms with van der Waals surface area (Å²) in [6.07, 6.45) is 0.785. The number of carboxylic acids is 1. The van der Waals surface area contributed by atoms with Gasteiger partial charge in [-0.3, -0.25) is 15.4 Å². The Balaban J connectivity index is 2.36. The molecule has 0 unspecified atom stereocenters. The van der Waals surface area contributed by atoms with Gasteiger partial charge in [-0.15, -0.1) is 0 Å². The molecule has 3 N–H and O–H groups in total. The minimum Gasteiger partial charge on any atom is -0.478 e. The van der Waals surface area contributed by atoms with E-state index in [1.54, 1.807) is 13.1 Å². The lowest BCUT2D eigenvalue weighted by molar-refractivity contribution is 0.0692. The van der Waals surface area contributed by atoms with Crippen LogP contribution in [0.3, 0.4) is 0 Å². The standard InChI is InChI=1S/C17H13F2N5O2/c1-23(10-4-2-3-9(18)5-10)15-12-6-13(19)11(16(25)26)7-14(12)24(8-20)17(21)22-15/h2-8,20-21H,1H3,(H,25,26). The molecule has 0 spiro atoms. The van der Waals surface area contributed by atoms with Gasteiger partial charge in [0.25, 0.3) is 0 Å². The Kier molecular flexibility index (Phi) is 4.21. The summed E-state index contributed by atoms with van der Waals surface area (Å²) >= 11 is 0. The highest BCUT2D eigenvalue weighted by Gasteiger charge is 2.19. The minimum atomic E-state index is -1.47. The first-order valence-corrected chi connectivity index (χ1v) is 7.37. The second-order valence-corrected chi connectivity index (χ2v) is 5.45. The minimum absolute atomic E-state index is 0.122. The number of aromatic nitrogens is 2. The lowest BCUT2D eigenvalue weighted by Crippen LogP contribution is -2.27. The Bertz CT molecular complexity index is 1110. The van der Waals surface area contributed by atoms with Crippen LogP contribution in [-0.4, -0.2) is 34.0 Å². The summed E-state index contributed by atoms with van der Waals surface area (Å²) in [5, 5.41) is 24.7. The maximum atomic E-state index is 14.2. The SMILES string of the molecule is CN(c1cccc(F)c1)c1nc(=N)n(C=N)c2cc(C(=O)O)c(F)cc12. The van der Waals surface area contributed by atoms with E-state index in [0.717, 1.165) is 23.0 Å². The van der Waals surface area contributed by atoms with Gasteiger partial charge in [0, 0.05) is 18.1 Å². The molecule has 0 aliphatic rings. The fourth-order valence-electron chi connectivity index (χ4n) is 2.63. The van der Waals surface area contributed by atoms with Crippen LogP contribution in [-0.2, 0) is 0 Å². The van der Waals surface area contributed by atoms with E-state index in [4.69, 9.17) is 15.9 Å². The number of nitrogens with zero attached hydrogens (tertiary/aromatic N) is 3. The lowest BCUT2D eigenvalue weighted by atomic mass is 10.1. The van der Waals surface area contributed by atoms with Gasteiger partial charge >= 0.3 is 5.97 Å². The highest BCUT2D eigenvalue weighted by Crippen LogP contribution is 2.30. The van der Waals surface area contributed by atoms with E-state index in [2.05, 4.69) is 4.98 Å². The lowest BCUT2D eigenvalue weighted by Gasteiger charge is -2.21. The van der Waals surface area contributed by atoms with Crippen LogP contribution in [0.4, 0.5) is 20.3 Å². The molecule has 1 heterocycles. The summed E-state index contributed by atoms with van der Waals surface area (Å²) in [4.78, 5) is 16.7. The number of fused-ring (bicyclic) bond motifs is 1. The van der Waals surface area contributed by atoms with E-state index in [-0.39, 0.29) is 22.3 Å². The molecule has 0 amide bonds. The van der Waals surface area contributed by atoms with Gasteiger partial charge in [0.15, 0.2) is 0 Å². The van der Waals surface area contributed by atoms with Crippen LogP contribution >= 0.6 is 0 Å². The van der Waals surface area contributed by atoms with Crippen LogP contribution in [0.2, 0.25) is 0 Å². The van der Waals surface area contributed by atoms with Crippen molar-refractivity contribution in [2.24, 2.45) is 0 Å². The van der Waals surface area contributed by atoms with Crippen LogP contribution in [0.15, 0.2) is 36.4 Å². The number of benzene rings is 2. The third-order valence-electron chi connectivity index (χ3n) is 3.90. The van der Waals surface area contributed by atoms with Gasteiger partial charge in [-0.05, 0) is 30.3 Å². The van der Waals surface area contributed by atoms with Gasteiger partial charge in [-0.25, -0.2) is 13.6 Å². The van der Waals surface area contributed by atoms with Crippen molar-refractivity contribution in [2.75, 3.05) is 11.9 Å². The van der Waals surface area contributed by atoms with Gasteiger partial charge in [0.1, 0.15) is 17.5 Å². The number of carbonyl (C=O) groups is 1. The monoisotopic (exact) mass is 357 g/mol. The van der Waals surface area contributed by atoms with Crippen LogP contribution in [0.1, 0.15) is 10.4 Å². The normalized spacial score (nSPS) is 10.7. The summed E-state index contributed by atoms with van der Waals surface area (Å²) in [5.74, 6) is -2.79. The van der Waals surface area contributed by atoms with Gasteiger partial charge < -0.3 is 10.0 Å². The number of anilines is 2. The van der Waals surface area contributed by atoms with E-state index in [1.165, 1.54) is 23.1 Å². The Morgan fingerprint density at radius 1 is 1.31 bits per heavy atom. The number of aromatic carboxylic acids is 1. The smallest absolute Gasteiger partial charge is 0.338 e. The number of carboxylic acid groups (broad SMARTS) is 1. The number of hydrogen-bond donors (Lipinski definition) is 3. The third kappa shape index (κ3) is 2.79. The van der Waals surface area contributed by atoms with Crippen molar-refractivity contribution in [1.82, 2.24) is 9.55 Å². The largest absolute Gasteiger partial charge is 0.478 e. The van der Waals surface area contributed by atoms with Crippen molar-refractivity contribution in [3.05, 3.63) is 59.2 Å². The van der Waals surface area contributed by atoms with E-state index in [1.807, 2.05) is 0 Å². The number of hydrogen-bond acceptors (Lipinski definition) is 5. The molecular weight excluding hydrogens is 344 g/mol. The molecule has 0 saturated carbocycles. The first kappa shape index (κ1) is 17.2. The number of halogens is 2. The zero-order valence-corrected chi connectivity index (χ0v) is 13.5. The van der Waals surface area contributed by atoms with Gasteiger partial charge in [0.05, 0.1) is 17.4 Å².